The van der Waals surface area contributed by atoms with Gasteiger partial charge in [-0.15, -0.1) is 0 Å². The van der Waals surface area contributed by atoms with Gasteiger partial charge in [0, 0.05) is 6.54 Å². The van der Waals surface area contributed by atoms with Crippen LogP contribution in [0.5, 0.6) is 5.75 Å². The van der Waals surface area contributed by atoms with Crippen LogP contribution in [0.15, 0.2) is 77.7 Å². The fourth-order valence-electron chi connectivity index (χ4n) is 3.54. The van der Waals surface area contributed by atoms with Crippen LogP contribution in [0.1, 0.15) is 23.1 Å². The third-order valence-electron chi connectivity index (χ3n) is 5.32. The maximum absolute atomic E-state index is 13.4. The van der Waals surface area contributed by atoms with Crippen LogP contribution in [0.4, 0.5) is 5.69 Å². The van der Waals surface area contributed by atoms with Gasteiger partial charge in [-0.05, 0) is 68.1 Å². The Labute approximate surface area is 196 Å². The van der Waals surface area contributed by atoms with E-state index in [1.165, 1.54) is 4.31 Å². The number of anilines is 1. The lowest BCUT2D eigenvalue weighted by Gasteiger charge is -2.24. The molecule has 174 valence electrons. The van der Waals surface area contributed by atoms with E-state index in [0.29, 0.717) is 18.7 Å². The summed E-state index contributed by atoms with van der Waals surface area (Å²) < 4.78 is 33.3. The number of carbonyl (C=O) groups excluding carboxylic acids is 1. The van der Waals surface area contributed by atoms with Crippen molar-refractivity contribution < 1.29 is 17.9 Å². The molecule has 1 amide bonds. The Morgan fingerprint density at radius 1 is 0.939 bits per heavy atom. The highest BCUT2D eigenvalue weighted by molar-refractivity contribution is 7.92. The van der Waals surface area contributed by atoms with Crippen LogP contribution < -0.4 is 14.4 Å². The quantitative estimate of drug-likeness (QED) is 0.453. The SMILES string of the molecule is COc1ccccc1CCCNC(=O)CN(c1cccc(C)c1)S(=O)(=O)c1ccc(C)cc1. The van der Waals surface area contributed by atoms with Gasteiger partial charge < -0.3 is 10.1 Å². The van der Waals surface area contributed by atoms with Gasteiger partial charge in [0.15, 0.2) is 0 Å². The lowest BCUT2D eigenvalue weighted by Crippen LogP contribution is -2.41. The maximum atomic E-state index is 13.4. The van der Waals surface area contributed by atoms with Crippen molar-refractivity contribution in [2.75, 3.05) is 24.5 Å². The molecule has 7 heteroatoms. The molecule has 0 radical (unpaired) electrons. The number of hydrogen-bond donors (Lipinski definition) is 1. The van der Waals surface area contributed by atoms with Gasteiger partial charge in [-0.25, -0.2) is 8.42 Å². The largest absolute Gasteiger partial charge is 0.496 e. The van der Waals surface area contributed by atoms with Crippen molar-refractivity contribution in [3.63, 3.8) is 0 Å². The first-order valence-corrected chi connectivity index (χ1v) is 12.3. The zero-order valence-corrected chi connectivity index (χ0v) is 20.1. The Balaban J connectivity index is 1.71. The van der Waals surface area contributed by atoms with Crippen molar-refractivity contribution in [3.05, 3.63) is 89.5 Å². The monoisotopic (exact) mass is 466 g/mol. The van der Waals surface area contributed by atoms with Crippen molar-refractivity contribution in [1.82, 2.24) is 5.32 Å². The van der Waals surface area contributed by atoms with E-state index in [1.54, 1.807) is 49.6 Å². The number of benzene rings is 3. The summed E-state index contributed by atoms with van der Waals surface area (Å²) in [5.41, 5.74) is 3.40. The number of hydrogen-bond acceptors (Lipinski definition) is 4. The topological polar surface area (TPSA) is 75.7 Å². The number of para-hydroxylation sites is 1. The van der Waals surface area contributed by atoms with Crippen LogP contribution in [0.3, 0.4) is 0 Å². The Hall–Kier alpha value is -3.32. The minimum Gasteiger partial charge on any atom is -0.496 e. The zero-order chi connectivity index (χ0) is 23.8. The molecule has 33 heavy (non-hydrogen) atoms. The number of amides is 1. The molecule has 0 saturated carbocycles. The minimum atomic E-state index is -3.91. The molecule has 0 fully saturated rings. The molecule has 3 aromatic carbocycles. The van der Waals surface area contributed by atoms with Gasteiger partial charge in [0.05, 0.1) is 17.7 Å². The summed E-state index contributed by atoms with van der Waals surface area (Å²) in [6.45, 7) is 3.92. The van der Waals surface area contributed by atoms with Gasteiger partial charge in [0.2, 0.25) is 5.91 Å². The van der Waals surface area contributed by atoms with Crippen molar-refractivity contribution in [2.45, 2.75) is 31.6 Å². The lowest BCUT2D eigenvalue weighted by atomic mass is 10.1. The molecule has 0 aliphatic carbocycles. The molecule has 0 saturated heterocycles. The highest BCUT2D eigenvalue weighted by atomic mass is 32.2. The van der Waals surface area contributed by atoms with Crippen LogP contribution >= 0.6 is 0 Å². The van der Waals surface area contributed by atoms with E-state index in [2.05, 4.69) is 5.32 Å². The number of nitrogens with zero attached hydrogens (tertiary/aromatic N) is 1. The second kappa shape index (κ2) is 11.0. The molecule has 0 spiro atoms. The van der Waals surface area contributed by atoms with Crippen LogP contribution in [-0.2, 0) is 21.2 Å². The van der Waals surface area contributed by atoms with Gasteiger partial charge >= 0.3 is 0 Å². The number of aryl methyl sites for hydroxylation is 3. The molecule has 0 atom stereocenters. The predicted octanol–water partition coefficient (Wildman–Crippen LogP) is 4.26. The first kappa shape index (κ1) is 24.3. The molecule has 0 bridgehead atoms. The van der Waals surface area contributed by atoms with E-state index in [9.17, 15) is 13.2 Å². The second-order valence-electron chi connectivity index (χ2n) is 7.93. The van der Waals surface area contributed by atoms with E-state index < -0.39 is 10.0 Å². The average Bonchev–Trinajstić information content (AvgIpc) is 2.80. The number of sulfonamides is 1. The summed E-state index contributed by atoms with van der Waals surface area (Å²) >= 11 is 0. The van der Waals surface area contributed by atoms with E-state index in [4.69, 9.17) is 4.74 Å². The first-order chi connectivity index (χ1) is 15.8. The molecule has 0 aliphatic rings. The molecule has 1 N–H and O–H groups in total. The van der Waals surface area contributed by atoms with Gasteiger partial charge in [-0.2, -0.15) is 0 Å². The standard InChI is InChI=1S/C26H30N2O4S/c1-20-13-15-24(16-14-20)33(30,31)28(23-11-6-8-21(2)18-23)19-26(29)27-17-7-10-22-9-4-5-12-25(22)32-3/h4-6,8-9,11-16,18H,7,10,17,19H2,1-3H3,(H,27,29). The summed E-state index contributed by atoms with van der Waals surface area (Å²) in [6, 6.07) is 21.5. The minimum absolute atomic E-state index is 0.151. The summed E-state index contributed by atoms with van der Waals surface area (Å²) in [5, 5.41) is 2.85. The lowest BCUT2D eigenvalue weighted by molar-refractivity contribution is -0.119. The normalized spacial score (nSPS) is 11.1. The first-order valence-electron chi connectivity index (χ1n) is 10.9. The van der Waals surface area contributed by atoms with E-state index in [1.807, 2.05) is 44.2 Å². The number of rotatable bonds is 10. The number of nitrogens with one attached hydrogen (secondary N) is 1. The molecule has 0 aromatic heterocycles. The van der Waals surface area contributed by atoms with Crippen LogP contribution in [0, 0.1) is 13.8 Å². The highest BCUT2D eigenvalue weighted by Gasteiger charge is 2.27. The number of ether oxygens (including phenoxy) is 1. The van der Waals surface area contributed by atoms with Crippen molar-refractivity contribution in [2.24, 2.45) is 0 Å². The summed E-state index contributed by atoms with van der Waals surface area (Å²) in [6.07, 6.45) is 1.45. The molecular weight excluding hydrogens is 436 g/mol. The van der Waals surface area contributed by atoms with Gasteiger partial charge in [-0.1, -0.05) is 48.0 Å². The molecule has 3 aromatic rings. The third kappa shape index (κ3) is 6.35. The molecule has 3 rings (SSSR count). The Morgan fingerprint density at radius 3 is 2.36 bits per heavy atom. The number of methoxy groups -OCH3 is 1. The van der Waals surface area contributed by atoms with Crippen molar-refractivity contribution in [3.8, 4) is 5.75 Å². The fraction of sp³-hybridized carbons (Fsp3) is 0.269. The molecular formula is C26H30N2O4S. The third-order valence-corrected chi connectivity index (χ3v) is 7.11. The molecule has 0 heterocycles. The maximum Gasteiger partial charge on any atom is 0.264 e. The van der Waals surface area contributed by atoms with Gasteiger partial charge in [0.1, 0.15) is 12.3 Å². The van der Waals surface area contributed by atoms with E-state index in [0.717, 1.165) is 28.9 Å². The van der Waals surface area contributed by atoms with E-state index in [-0.39, 0.29) is 17.3 Å². The van der Waals surface area contributed by atoms with Crippen LogP contribution in [0.2, 0.25) is 0 Å². The van der Waals surface area contributed by atoms with Gasteiger partial charge in [0.25, 0.3) is 10.0 Å². The second-order valence-corrected chi connectivity index (χ2v) is 9.79. The Morgan fingerprint density at radius 2 is 1.67 bits per heavy atom. The van der Waals surface area contributed by atoms with Crippen molar-refractivity contribution in [1.29, 1.82) is 0 Å². The zero-order valence-electron chi connectivity index (χ0n) is 19.2. The summed E-state index contributed by atoms with van der Waals surface area (Å²) in [5.74, 6) is 0.464. The van der Waals surface area contributed by atoms with Gasteiger partial charge in [-0.3, -0.25) is 9.10 Å². The fourth-order valence-corrected chi connectivity index (χ4v) is 4.95. The van der Waals surface area contributed by atoms with Crippen molar-refractivity contribution >= 4 is 21.6 Å². The van der Waals surface area contributed by atoms with Crippen LogP contribution in [0.25, 0.3) is 0 Å². The van der Waals surface area contributed by atoms with E-state index >= 15 is 0 Å². The predicted molar refractivity (Wildman–Crippen MR) is 131 cm³/mol. The summed E-state index contributed by atoms with van der Waals surface area (Å²) in [4.78, 5) is 12.9. The highest BCUT2D eigenvalue weighted by Crippen LogP contribution is 2.25. The Kier molecular flexibility index (Phi) is 8.11. The van der Waals surface area contributed by atoms with Crippen LogP contribution in [-0.4, -0.2) is 34.5 Å². The smallest absolute Gasteiger partial charge is 0.264 e. The molecule has 0 unspecified atom stereocenters. The summed E-state index contributed by atoms with van der Waals surface area (Å²) in [7, 11) is -2.28. The number of carbonyl (C=O) groups is 1. The molecule has 0 aliphatic heterocycles. The Bertz CT molecular complexity index is 1190. The average molecular weight is 467 g/mol. The molecule has 6 nitrogen and oxygen atoms in total.